The molecule has 0 N–H and O–H groups in total. The molecular formula is C18H8F12O2. The van der Waals surface area contributed by atoms with Crippen molar-refractivity contribution in [3.05, 3.63) is 59.7 Å². The predicted octanol–water partition coefficient (Wildman–Crippen LogP) is 6.80. The van der Waals surface area contributed by atoms with Crippen molar-refractivity contribution in [2.24, 2.45) is 0 Å². The van der Waals surface area contributed by atoms with Crippen LogP contribution in [0, 0.1) is 0 Å². The second kappa shape index (κ2) is 6.85. The van der Waals surface area contributed by atoms with Gasteiger partial charge in [-0.25, -0.2) is 0 Å². The molecule has 1 fully saturated rings. The predicted molar refractivity (Wildman–Crippen MR) is 81.7 cm³/mol. The van der Waals surface area contributed by atoms with Crippen LogP contribution in [0.5, 0.6) is 11.5 Å². The molecule has 0 saturated heterocycles. The van der Waals surface area contributed by atoms with Crippen molar-refractivity contribution in [1.82, 2.24) is 0 Å². The van der Waals surface area contributed by atoms with Gasteiger partial charge >= 0.3 is 35.9 Å². The highest BCUT2D eigenvalue weighted by molar-refractivity contribution is 5.37. The van der Waals surface area contributed by atoms with E-state index in [4.69, 9.17) is 0 Å². The second-order valence-electron chi connectivity index (χ2n) is 6.59. The van der Waals surface area contributed by atoms with E-state index in [0.717, 1.165) is 0 Å². The highest BCUT2D eigenvalue weighted by Crippen LogP contribution is 2.68. The summed E-state index contributed by atoms with van der Waals surface area (Å²) in [5.41, 5.74) is -3.15. The summed E-state index contributed by atoms with van der Waals surface area (Å²) in [6.45, 7) is 0. The first-order chi connectivity index (χ1) is 14.4. The average molecular weight is 484 g/mol. The highest BCUT2D eigenvalue weighted by Gasteiger charge is 3.03. The van der Waals surface area contributed by atoms with E-state index in [-0.39, 0.29) is 12.1 Å². The van der Waals surface area contributed by atoms with Crippen LogP contribution in [-0.4, -0.2) is 23.6 Å². The average Bonchev–Trinajstić information content (AvgIpc) is 2.66. The minimum Gasteiger partial charge on any atom is -0.447 e. The lowest BCUT2D eigenvalue weighted by Gasteiger charge is -2.55. The molecule has 14 heteroatoms. The van der Waals surface area contributed by atoms with E-state index in [9.17, 15) is 52.7 Å². The molecule has 1 saturated carbocycles. The molecule has 176 valence electrons. The molecule has 3 rings (SSSR count). The lowest BCUT2D eigenvalue weighted by molar-refractivity contribution is -0.527. The molecule has 32 heavy (non-hydrogen) atoms. The van der Waals surface area contributed by atoms with Gasteiger partial charge in [-0.15, -0.1) is 0 Å². The van der Waals surface area contributed by atoms with Gasteiger partial charge < -0.3 is 9.47 Å². The van der Waals surface area contributed by atoms with E-state index in [0.29, 0.717) is 36.4 Å². The number of hydrogen-bond donors (Lipinski definition) is 0. The van der Waals surface area contributed by atoms with Gasteiger partial charge in [0.25, 0.3) is 0 Å². The number of benzene rings is 2. The molecule has 2 atom stereocenters. The van der Waals surface area contributed by atoms with Crippen LogP contribution in [0.2, 0.25) is 0 Å². The van der Waals surface area contributed by atoms with E-state index in [1.807, 2.05) is 0 Å². The Morgan fingerprint density at radius 1 is 0.531 bits per heavy atom. The van der Waals surface area contributed by atoms with Crippen LogP contribution in [0.3, 0.4) is 0 Å². The highest BCUT2D eigenvalue weighted by atomic mass is 19.4. The molecule has 0 spiro atoms. The Kier molecular flexibility index (Phi) is 5.10. The van der Waals surface area contributed by atoms with Crippen LogP contribution in [0.4, 0.5) is 52.7 Å². The van der Waals surface area contributed by atoms with Gasteiger partial charge in [0, 0.05) is 0 Å². The van der Waals surface area contributed by atoms with Crippen molar-refractivity contribution < 1.29 is 62.2 Å². The summed E-state index contributed by atoms with van der Waals surface area (Å²) >= 11 is 0. The van der Waals surface area contributed by atoms with E-state index < -0.39 is 58.5 Å². The third-order valence-electron chi connectivity index (χ3n) is 4.46. The van der Waals surface area contributed by atoms with Gasteiger partial charge in [-0.3, -0.25) is 0 Å². The minimum absolute atomic E-state index is 0.0709. The molecule has 0 amide bonds. The Morgan fingerprint density at radius 3 is 1.12 bits per heavy atom. The zero-order valence-corrected chi connectivity index (χ0v) is 15.0. The van der Waals surface area contributed by atoms with Crippen LogP contribution < -0.4 is 9.47 Å². The molecule has 2 aromatic carbocycles. The standard InChI is InChI=1S/C18H8F12O2/c19-13(20,21)9-3-1-5-11(7-9)31-17(29)15(25,26)16(27,28)18(17,30)32-12-6-2-4-10(8-12)14(22,23)24/h1-8H. The summed E-state index contributed by atoms with van der Waals surface area (Å²) in [6, 6.07) is 2.59. The van der Waals surface area contributed by atoms with E-state index >= 15 is 0 Å². The van der Waals surface area contributed by atoms with Crippen molar-refractivity contribution in [2.45, 2.75) is 35.9 Å². The molecule has 0 radical (unpaired) electrons. The summed E-state index contributed by atoms with van der Waals surface area (Å²) < 4.78 is 170. The summed E-state index contributed by atoms with van der Waals surface area (Å²) in [4.78, 5) is 0. The van der Waals surface area contributed by atoms with E-state index in [2.05, 4.69) is 9.47 Å². The first-order valence-electron chi connectivity index (χ1n) is 8.23. The molecule has 0 heterocycles. The molecule has 0 aromatic heterocycles. The first-order valence-corrected chi connectivity index (χ1v) is 8.23. The Labute approximate surface area is 170 Å². The maximum absolute atomic E-state index is 14.9. The van der Waals surface area contributed by atoms with Gasteiger partial charge in [0.1, 0.15) is 11.5 Å². The number of halogens is 12. The Hall–Kier alpha value is -2.80. The van der Waals surface area contributed by atoms with Crippen molar-refractivity contribution in [2.75, 3.05) is 0 Å². The molecular weight excluding hydrogens is 476 g/mol. The van der Waals surface area contributed by atoms with Crippen molar-refractivity contribution >= 4 is 0 Å². The van der Waals surface area contributed by atoms with Crippen molar-refractivity contribution in [1.29, 1.82) is 0 Å². The molecule has 2 aromatic rings. The maximum Gasteiger partial charge on any atom is 0.416 e. The lowest BCUT2D eigenvalue weighted by atomic mass is 9.76. The fourth-order valence-electron chi connectivity index (χ4n) is 2.80. The summed E-state index contributed by atoms with van der Waals surface area (Å²) in [6.07, 6.45) is -10.2. The van der Waals surface area contributed by atoms with E-state index in [1.54, 1.807) is 0 Å². The normalized spacial score (nSPS) is 26.9. The molecule has 1 aliphatic carbocycles. The zero-order valence-electron chi connectivity index (χ0n) is 15.0. The largest absolute Gasteiger partial charge is 0.447 e. The number of alkyl halides is 12. The van der Waals surface area contributed by atoms with Gasteiger partial charge in [-0.1, -0.05) is 12.1 Å². The van der Waals surface area contributed by atoms with Gasteiger partial charge in [-0.2, -0.15) is 52.7 Å². The minimum atomic E-state index is -5.98. The number of hydrogen-bond acceptors (Lipinski definition) is 2. The Morgan fingerprint density at radius 2 is 0.844 bits per heavy atom. The summed E-state index contributed by atoms with van der Waals surface area (Å²) in [5, 5.41) is 0. The number of rotatable bonds is 4. The van der Waals surface area contributed by atoms with Gasteiger partial charge in [0.2, 0.25) is 0 Å². The zero-order chi connectivity index (χ0) is 24.4. The second-order valence-corrected chi connectivity index (χ2v) is 6.59. The topological polar surface area (TPSA) is 18.5 Å². The molecule has 0 aliphatic heterocycles. The summed E-state index contributed by atoms with van der Waals surface area (Å²) in [7, 11) is 0. The SMILES string of the molecule is FC(F)(F)c1cccc(OC2(F)C(F)(F)C(F)(F)C2(F)Oc2cccc(C(F)(F)F)c2)c1. The van der Waals surface area contributed by atoms with Crippen molar-refractivity contribution in [3.63, 3.8) is 0 Å². The van der Waals surface area contributed by atoms with Gasteiger partial charge in [0.15, 0.2) is 0 Å². The molecule has 0 bridgehead atoms. The third kappa shape index (κ3) is 3.30. The smallest absolute Gasteiger partial charge is 0.416 e. The first kappa shape index (κ1) is 23.9. The van der Waals surface area contributed by atoms with Crippen LogP contribution in [0.1, 0.15) is 11.1 Å². The van der Waals surface area contributed by atoms with Crippen molar-refractivity contribution in [3.8, 4) is 11.5 Å². The fraction of sp³-hybridized carbons (Fsp3) is 0.333. The molecule has 2 nitrogen and oxygen atoms in total. The quantitative estimate of drug-likeness (QED) is 0.445. The van der Waals surface area contributed by atoms with Crippen LogP contribution >= 0.6 is 0 Å². The van der Waals surface area contributed by atoms with Crippen LogP contribution in [0.25, 0.3) is 0 Å². The maximum atomic E-state index is 14.9. The molecule has 1 aliphatic rings. The monoisotopic (exact) mass is 484 g/mol. The van der Waals surface area contributed by atoms with Gasteiger partial charge in [-0.05, 0) is 36.4 Å². The Bertz CT molecular complexity index is 934. The summed E-state index contributed by atoms with van der Waals surface area (Å²) in [5.74, 6) is -25.6. The number of ether oxygens (including phenoxy) is 2. The fourth-order valence-corrected chi connectivity index (χ4v) is 2.80. The lowest BCUT2D eigenvalue weighted by Crippen LogP contribution is -2.89. The van der Waals surface area contributed by atoms with Gasteiger partial charge in [0.05, 0.1) is 11.1 Å². The van der Waals surface area contributed by atoms with E-state index in [1.165, 1.54) is 0 Å². The Balaban J connectivity index is 2.02. The van der Waals surface area contributed by atoms with Crippen LogP contribution in [-0.2, 0) is 12.4 Å². The van der Waals surface area contributed by atoms with Crippen LogP contribution in [0.15, 0.2) is 48.5 Å². The third-order valence-corrected chi connectivity index (χ3v) is 4.46. The molecule has 2 unspecified atom stereocenters.